The van der Waals surface area contributed by atoms with Gasteiger partial charge in [0.2, 0.25) is 0 Å². The van der Waals surface area contributed by atoms with Crippen molar-refractivity contribution in [3.05, 3.63) is 0 Å². The second kappa shape index (κ2) is 3.02. The summed E-state index contributed by atoms with van der Waals surface area (Å²) in [6, 6.07) is 0. The van der Waals surface area contributed by atoms with Crippen LogP contribution in [0.5, 0.6) is 0 Å². The molecule has 0 aromatic carbocycles. The van der Waals surface area contributed by atoms with E-state index in [0.29, 0.717) is 12.5 Å². The SMILES string of the molecule is CCCC1CC2(CC(CO)C2)C1. The van der Waals surface area contributed by atoms with Crippen molar-refractivity contribution in [2.24, 2.45) is 17.3 Å². The van der Waals surface area contributed by atoms with Crippen LogP contribution in [-0.4, -0.2) is 11.7 Å². The minimum Gasteiger partial charge on any atom is -0.396 e. The fourth-order valence-corrected chi connectivity index (χ4v) is 3.40. The molecular weight excluding hydrogens is 148 g/mol. The van der Waals surface area contributed by atoms with Gasteiger partial charge in [-0.05, 0) is 42.9 Å². The first-order chi connectivity index (χ1) is 5.78. The van der Waals surface area contributed by atoms with Crippen LogP contribution in [-0.2, 0) is 0 Å². The summed E-state index contributed by atoms with van der Waals surface area (Å²) < 4.78 is 0. The highest BCUT2D eigenvalue weighted by atomic mass is 16.3. The smallest absolute Gasteiger partial charge is 0.0459 e. The third-order valence-corrected chi connectivity index (χ3v) is 3.84. The molecule has 2 rings (SSSR count). The van der Waals surface area contributed by atoms with Crippen molar-refractivity contribution in [3.8, 4) is 0 Å². The number of hydrogen-bond donors (Lipinski definition) is 1. The lowest BCUT2D eigenvalue weighted by Gasteiger charge is -2.58. The molecule has 0 aromatic heterocycles. The number of aliphatic hydroxyl groups is 1. The standard InChI is InChI=1S/C11H20O/c1-2-3-9-4-11(5-9)6-10(7-11)8-12/h9-10,12H,2-8H2,1H3. The Morgan fingerprint density at radius 3 is 2.25 bits per heavy atom. The summed E-state index contributed by atoms with van der Waals surface area (Å²) in [7, 11) is 0. The largest absolute Gasteiger partial charge is 0.396 e. The zero-order valence-corrected chi connectivity index (χ0v) is 8.05. The molecule has 0 atom stereocenters. The molecule has 0 amide bonds. The lowest BCUT2D eigenvalue weighted by molar-refractivity contribution is -0.0850. The molecular formula is C11H20O. The van der Waals surface area contributed by atoms with Crippen LogP contribution < -0.4 is 0 Å². The molecule has 1 nitrogen and oxygen atoms in total. The highest BCUT2D eigenvalue weighted by molar-refractivity contribution is 5.02. The van der Waals surface area contributed by atoms with Crippen LogP contribution in [0.4, 0.5) is 0 Å². The van der Waals surface area contributed by atoms with Crippen molar-refractivity contribution in [1.82, 2.24) is 0 Å². The Hall–Kier alpha value is -0.0400. The maximum Gasteiger partial charge on any atom is 0.0459 e. The maximum atomic E-state index is 8.91. The van der Waals surface area contributed by atoms with Crippen LogP contribution in [0.15, 0.2) is 0 Å². The lowest BCUT2D eigenvalue weighted by atomic mass is 9.48. The molecule has 2 aliphatic carbocycles. The van der Waals surface area contributed by atoms with Gasteiger partial charge in [-0.25, -0.2) is 0 Å². The monoisotopic (exact) mass is 168 g/mol. The fourth-order valence-electron chi connectivity index (χ4n) is 3.40. The summed E-state index contributed by atoms with van der Waals surface area (Å²) in [5.74, 6) is 1.70. The summed E-state index contributed by atoms with van der Waals surface area (Å²) in [5, 5.41) is 8.91. The van der Waals surface area contributed by atoms with Gasteiger partial charge in [-0.2, -0.15) is 0 Å². The Balaban J connectivity index is 1.69. The minimum absolute atomic E-state index is 0.431. The predicted octanol–water partition coefficient (Wildman–Crippen LogP) is 2.59. The molecule has 0 aromatic rings. The van der Waals surface area contributed by atoms with Crippen LogP contribution >= 0.6 is 0 Å². The Bertz CT molecular complexity index is 150. The first-order valence-electron chi connectivity index (χ1n) is 5.39. The second-order valence-corrected chi connectivity index (χ2v) is 5.02. The van der Waals surface area contributed by atoms with Crippen molar-refractivity contribution in [3.63, 3.8) is 0 Å². The molecule has 1 heteroatoms. The molecule has 0 aliphatic heterocycles. The molecule has 0 radical (unpaired) electrons. The summed E-state index contributed by atoms with van der Waals surface area (Å²) in [4.78, 5) is 0. The summed E-state index contributed by atoms with van der Waals surface area (Å²) in [5.41, 5.74) is 0.729. The van der Waals surface area contributed by atoms with Crippen LogP contribution in [0.25, 0.3) is 0 Å². The molecule has 0 bridgehead atoms. The van der Waals surface area contributed by atoms with E-state index in [9.17, 15) is 0 Å². The maximum absolute atomic E-state index is 8.91. The Morgan fingerprint density at radius 1 is 1.17 bits per heavy atom. The van der Waals surface area contributed by atoms with Crippen molar-refractivity contribution in [1.29, 1.82) is 0 Å². The summed E-state index contributed by atoms with van der Waals surface area (Å²) in [6.45, 7) is 2.71. The van der Waals surface area contributed by atoms with Gasteiger partial charge >= 0.3 is 0 Å². The quantitative estimate of drug-likeness (QED) is 0.686. The van der Waals surface area contributed by atoms with Crippen LogP contribution in [0.2, 0.25) is 0 Å². The first kappa shape index (κ1) is 8.55. The molecule has 1 spiro atoms. The van der Waals surface area contributed by atoms with E-state index in [1.54, 1.807) is 0 Å². The topological polar surface area (TPSA) is 20.2 Å². The van der Waals surface area contributed by atoms with E-state index in [1.165, 1.54) is 38.5 Å². The molecule has 0 unspecified atom stereocenters. The Morgan fingerprint density at radius 2 is 1.75 bits per heavy atom. The fraction of sp³-hybridized carbons (Fsp3) is 1.00. The van der Waals surface area contributed by atoms with Crippen LogP contribution in [0, 0.1) is 17.3 Å². The van der Waals surface area contributed by atoms with Gasteiger partial charge in [0.1, 0.15) is 0 Å². The third kappa shape index (κ3) is 1.28. The average molecular weight is 168 g/mol. The number of hydrogen-bond acceptors (Lipinski definition) is 1. The van der Waals surface area contributed by atoms with Gasteiger partial charge in [0.15, 0.2) is 0 Å². The van der Waals surface area contributed by atoms with Gasteiger partial charge in [-0.1, -0.05) is 19.8 Å². The van der Waals surface area contributed by atoms with Gasteiger partial charge < -0.3 is 5.11 Å². The summed E-state index contributed by atoms with van der Waals surface area (Å²) in [6.07, 6.45) is 8.37. The minimum atomic E-state index is 0.431. The zero-order valence-electron chi connectivity index (χ0n) is 8.05. The summed E-state index contributed by atoms with van der Waals surface area (Å²) >= 11 is 0. The van der Waals surface area contributed by atoms with Crippen molar-refractivity contribution < 1.29 is 5.11 Å². The van der Waals surface area contributed by atoms with Crippen molar-refractivity contribution >= 4 is 0 Å². The third-order valence-electron chi connectivity index (χ3n) is 3.84. The molecule has 0 saturated heterocycles. The molecule has 2 saturated carbocycles. The van der Waals surface area contributed by atoms with E-state index in [1.807, 2.05) is 0 Å². The molecule has 12 heavy (non-hydrogen) atoms. The van der Waals surface area contributed by atoms with E-state index in [2.05, 4.69) is 6.92 Å². The van der Waals surface area contributed by atoms with Gasteiger partial charge in [0, 0.05) is 6.61 Å². The van der Waals surface area contributed by atoms with Crippen LogP contribution in [0.3, 0.4) is 0 Å². The van der Waals surface area contributed by atoms with Crippen molar-refractivity contribution in [2.75, 3.05) is 6.61 Å². The van der Waals surface area contributed by atoms with Crippen molar-refractivity contribution in [2.45, 2.75) is 45.4 Å². The molecule has 1 N–H and O–H groups in total. The van der Waals surface area contributed by atoms with Gasteiger partial charge in [-0.3, -0.25) is 0 Å². The number of aliphatic hydroxyl groups excluding tert-OH is 1. The molecule has 2 aliphatic rings. The zero-order chi connectivity index (χ0) is 8.60. The van der Waals surface area contributed by atoms with Gasteiger partial charge in [0.25, 0.3) is 0 Å². The highest BCUT2D eigenvalue weighted by Crippen LogP contribution is 2.61. The molecule has 70 valence electrons. The van der Waals surface area contributed by atoms with E-state index >= 15 is 0 Å². The Labute approximate surface area is 75.2 Å². The lowest BCUT2D eigenvalue weighted by Crippen LogP contribution is -2.48. The predicted molar refractivity (Wildman–Crippen MR) is 49.9 cm³/mol. The van der Waals surface area contributed by atoms with Gasteiger partial charge in [0.05, 0.1) is 0 Å². The van der Waals surface area contributed by atoms with E-state index < -0.39 is 0 Å². The molecule has 0 heterocycles. The number of rotatable bonds is 3. The van der Waals surface area contributed by atoms with E-state index in [-0.39, 0.29) is 0 Å². The molecule has 2 fully saturated rings. The van der Waals surface area contributed by atoms with Crippen LogP contribution in [0.1, 0.15) is 45.4 Å². The van der Waals surface area contributed by atoms with Gasteiger partial charge in [-0.15, -0.1) is 0 Å². The second-order valence-electron chi connectivity index (χ2n) is 5.02. The average Bonchev–Trinajstić information content (AvgIpc) is 1.91. The van der Waals surface area contributed by atoms with E-state index in [0.717, 1.165) is 11.3 Å². The normalized spacial score (nSPS) is 45.5. The van der Waals surface area contributed by atoms with E-state index in [4.69, 9.17) is 5.11 Å². The Kier molecular flexibility index (Phi) is 2.16. The first-order valence-corrected chi connectivity index (χ1v) is 5.39. The highest BCUT2D eigenvalue weighted by Gasteiger charge is 2.51.